The van der Waals surface area contributed by atoms with E-state index in [4.69, 9.17) is 21.7 Å². The predicted molar refractivity (Wildman–Crippen MR) is 111 cm³/mol. The number of rotatable bonds is 6. The topological polar surface area (TPSA) is 108 Å². The van der Waals surface area contributed by atoms with Crippen molar-refractivity contribution in [2.45, 2.75) is 12.5 Å². The monoisotopic (exact) mass is 481 g/mol. The summed E-state index contributed by atoms with van der Waals surface area (Å²) in [6.45, 7) is 0. The Morgan fingerprint density at radius 3 is 2.50 bits per heavy atom. The molecule has 1 aromatic carbocycles. The van der Waals surface area contributed by atoms with Crippen molar-refractivity contribution in [2.75, 3.05) is 0 Å². The lowest BCUT2D eigenvalue weighted by molar-refractivity contribution is -0.150. The molecule has 1 aliphatic heterocycles. The van der Waals surface area contributed by atoms with Crippen LogP contribution in [-0.2, 0) is 14.4 Å². The Morgan fingerprint density at radius 1 is 1.21 bits per heavy atom. The van der Waals surface area contributed by atoms with E-state index in [0.717, 1.165) is 26.7 Å². The zero-order valence-corrected chi connectivity index (χ0v) is 17.2. The number of carboxylic acids is 2. The first-order valence-corrected chi connectivity index (χ1v) is 9.85. The SMILES string of the molecule is O=C(O)CC(C(=O)O)N1C(=O)/C(=C/c2ccc(-c3ccc(Br)cc3)o2)SC1=S. The second-order valence-electron chi connectivity index (χ2n) is 5.71. The number of hydrogen-bond acceptors (Lipinski definition) is 6. The number of furan rings is 1. The van der Waals surface area contributed by atoms with Crippen molar-refractivity contribution in [3.63, 3.8) is 0 Å². The van der Waals surface area contributed by atoms with Crippen LogP contribution < -0.4 is 0 Å². The van der Waals surface area contributed by atoms with Gasteiger partial charge in [0.1, 0.15) is 21.9 Å². The van der Waals surface area contributed by atoms with Gasteiger partial charge in [-0.15, -0.1) is 0 Å². The minimum absolute atomic E-state index is 0.00964. The van der Waals surface area contributed by atoms with Crippen molar-refractivity contribution in [3.05, 3.63) is 51.5 Å². The van der Waals surface area contributed by atoms with Gasteiger partial charge in [0.15, 0.2) is 0 Å². The molecule has 1 aliphatic rings. The van der Waals surface area contributed by atoms with Crippen LogP contribution in [0.15, 0.2) is 50.2 Å². The van der Waals surface area contributed by atoms with Crippen molar-refractivity contribution >= 4 is 68.2 Å². The first-order chi connectivity index (χ1) is 13.3. The first-order valence-electron chi connectivity index (χ1n) is 7.83. The molecule has 0 saturated carbocycles. The number of aliphatic carboxylic acids is 2. The molecule has 28 heavy (non-hydrogen) atoms. The second kappa shape index (κ2) is 8.29. The number of thioether (sulfide) groups is 1. The molecule has 1 aromatic heterocycles. The van der Waals surface area contributed by atoms with E-state index >= 15 is 0 Å². The maximum Gasteiger partial charge on any atom is 0.327 e. The van der Waals surface area contributed by atoms with Crippen LogP contribution in [0.3, 0.4) is 0 Å². The molecule has 144 valence electrons. The van der Waals surface area contributed by atoms with E-state index in [-0.39, 0.29) is 9.23 Å². The Kier molecular flexibility index (Phi) is 6.01. The summed E-state index contributed by atoms with van der Waals surface area (Å²) in [7, 11) is 0. The van der Waals surface area contributed by atoms with Crippen molar-refractivity contribution in [1.29, 1.82) is 0 Å². The van der Waals surface area contributed by atoms with E-state index in [1.165, 1.54) is 6.08 Å². The van der Waals surface area contributed by atoms with E-state index in [9.17, 15) is 19.5 Å². The van der Waals surface area contributed by atoms with Gasteiger partial charge in [-0.2, -0.15) is 0 Å². The van der Waals surface area contributed by atoms with Gasteiger partial charge >= 0.3 is 11.9 Å². The van der Waals surface area contributed by atoms with Gasteiger partial charge in [-0.25, -0.2) is 4.79 Å². The van der Waals surface area contributed by atoms with Crippen molar-refractivity contribution < 1.29 is 29.0 Å². The van der Waals surface area contributed by atoms with Crippen LogP contribution in [0.4, 0.5) is 0 Å². The normalized spacial score (nSPS) is 16.6. The van der Waals surface area contributed by atoms with Crippen molar-refractivity contribution in [2.24, 2.45) is 0 Å². The van der Waals surface area contributed by atoms with E-state index in [0.29, 0.717) is 11.5 Å². The molecule has 7 nitrogen and oxygen atoms in total. The van der Waals surface area contributed by atoms with Crippen LogP contribution in [-0.4, -0.2) is 43.3 Å². The molecule has 1 amide bonds. The molecular formula is C18H12BrNO6S2. The third-order valence-electron chi connectivity index (χ3n) is 3.82. The smallest absolute Gasteiger partial charge is 0.327 e. The number of hydrogen-bond donors (Lipinski definition) is 2. The number of nitrogens with zero attached hydrogens (tertiary/aromatic N) is 1. The van der Waals surface area contributed by atoms with Gasteiger partial charge in [0, 0.05) is 16.1 Å². The number of benzene rings is 1. The third-order valence-corrected chi connectivity index (χ3v) is 5.68. The molecule has 1 atom stereocenters. The largest absolute Gasteiger partial charge is 0.481 e. The van der Waals surface area contributed by atoms with Crippen LogP contribution >= 0.6 is 39.9 Å². The standard InChI is InChI=1S/C18H12BrNO6S2/c19-10-3-1-9(2-4-10)13-6-5-11(26-13)7-14-16(23)20(18(27)28-14)12(17(24)25)8-15(21)22/h1-7,12H,8H2,(H,21,22)(H,24,25)/b14-7-. The molecule has 10 heteroatoms. The quantitative estimate of drug-likeness (QED) is 0.473. The molecule has 0 aliphatic carbocycles. The lowest BCUT2D eigenvalue weighted by atomic mass is 10.2. The third kappa shape index (κ3) is 4.34. The molecule has 1 saturated heterocycles. The second-order valence-corrected chi connectivity index (χ2v) is 8.30. The molecule has 2 N–H and O–H groups in total. The van der Waals surface area contributed by atoms with Gasteiger partial charge in [0.25, 0.3) is 5.91 Å². The molecule has 0 radical (unpaired) electrons. The average Bonchev–Trinajstić information content (AvgIpc) is 3.19. The zero-order valence-electron chi connectivity index (χ0n) is 14.0. The highest BCUT2D eigenvalue weighted by Gasteiger charge is 2.41. The highest BCUT2D eigenvalue weighted by molar-refractivity contribution is 9.10. The number of thiocarbonyl (C=S) groups is 1. The fourth-order valence-corrected chi connectivity index (χ4v) is 4.13. The molecular weight excluding hydrogens is 470 g/mol. The maximum atomic E-state index is 12.6. The molecule has 2 aromatic rings. The number of carbonyl (C=O) groups excluding carboxylic acids is 1. The summed E-state index contributed by atoms with van der Waals surface area (Å²) in [6, 6.07) is 9.35. The summed E-state index contributed by atoms with van der Waals surface area (Å²) >= 11 is 9.35. The maximum absolute atomic E-state index is 12.6. The number of halogens is 1. The summed E-state index contributed by atoms with van der Waals surface area (Å²) < 4.78 is 6.66. The number of amides is 1. The van der Waals surface area contributed by atoms with Crippen LogP contribution in [0.1, 0.15) is 12.2 Å². The van der Waals surface area contributed by atoms with Crippen LogP contribution in [0, 0.1) is 0 Å². The van der Waals surface area contributed by atoms with Crippen molar-refractivity contribution in [1.82, 2.24) is 4.90 Å². The zero-order chi connectivity index (χ0) is 20.4. The van der Waals surface area contributed by atoms with Gasteiger partial charge in [0.2, 0.25) is 0 Å². The van der Waals surface area contributed by atoms with Gasteiger partial charge in [-0.1, -0.05) is 52.0 Å². The summed E-state index contributed by atoms with van der Waals surface area (Å²) in [5.41, 5.74) is 0.850. The Bertz CT molecular complexity index is 998. The summed E-state index contributed by atoms with van der Waals surface area (Å²) in [6.07, 6.45) is 0.713. The molecule has 1 fully saturated rings. The van der Waals surface area contributed by atoms with Gasteiger partial charge in [0.05, 0.1) is 11.3 Å². The van der Waals surface area contributed by atoms with Gasteiger partial charge in [-0.05, 0) is 24.3 Å². The van der Waals surface area contributed by atoms with E-state index in [2.05, 4.69) is 15.9 Å². The van der Waals surface area contributed by atoms with E-state index in [1.54, 1.807) is 12.1 Å². The Hall–Kier alpha value is -2.43. The van der Waals surface area contributed by atoms with E-state index in [1.807, 2.05) is 24.3 Å². The molecule has 1 unspecified atom stereocenters. The van der Waals surface area contributed by atoms with Gasteiger partial charge < -0.3 is 14.6 Å². The lowest BCUT2D eigenvalue weighted by Gasteiger charge is -2.21. The Morgan fingerprint density at radius 2 is 1.89 bits per heavy atom. The number of carboxylic acid groups (broad SMARTS) is 2. The number of carbonyl (C=O) groups is 3. The highest BCUT2D eigenvalue weighted by Crippen LogP contribution is 2.35. The first kappa shape index (κ1) is 20.3. The summed E-state index contributed by atoms with van der Waals surface area (Å²) in [5, 5.41) is 18.2. The van der Waals surface area contributed by atoms with E-state index < -0.39 is 30.3 Å². The van der Waals surface area contributed by atoms with Crippen LogP contribution in [0.25, 0.3) is 17.4 Å². The minimum Gasteiger partial charge on any atom is -0.481 e. The summed E-state index contributed by atoms with van der Waals surface area (Å²) in [4.78, 5) is 35.9. The summed E-state index contributed by atoms with van der Waals surface area (Å²) in [5.74, 6) is -2.44. The van der Waals surface area contributed by atoms with Crippen LogP contribution in [0.2, 0.25) is 0 Å². The highest BCUT2D eigenvalue weighted by atomic mass is 79.9. The molecule has 2 heterocycles. The average molecular weight is 482 g/mol. The molecule has 0 spiro atoms. The molecule has 3 rings (SSSR count). The molecule has 0 bridgehead atoms. The Balaban J connectivity index is 1.85. The lowest BCUT2D eigenvalue weighted by Crippen LogP contribution is -2.45. The van der Waals surface area contributed by atoms with Crippen molar-refractivity contribution in [3.8, 4) is 11.3 Å². The Labute approximate surface area is 177 Å². The van der Waals surface area contributed by atoms with Gasteiger partial charge in [-0.3, -0.25) is 14.5 Å². The van der Waals surface area contributed by atoms with Crippen LogP contribution in [0.5, 0.6) is 0 Å². The fraction of sp³-hybridized carbons (Fsp3) is 0.111. The minimum atomic E-state index is -1.56. The fourth-order valence-electron chi connectivity index (χ4n) is 2.53. The predicted octanol–water partition coefficient (Wildman–Crippen LogP) is 3.84.